The molecule has 0 radical (unpaired) electrons. The number of rotatable bonds is 1. The third-order valence-corrected chi connectivity index (χ3v) is 6.05. The van der Waals surface area contributed by atoms with Crippen molar-refractivity contribution in [2.75, 3.05) is 5.88 Å². The summed E-state index contributed by atoms with van der Waals surface area (Å²) in [5.74, 6) is -2.61. The molecule has 3 heterocycles. The van der Waals surface area contributed by atoms with Gasteiger partial charge in [-0.2, -0.15) is 0 Å². The number of hydrogen-bond acceptors (Lipinski definition) is 4. The van der Waals surface area contributed by atoms with Crippen molar-refractivity contribution >= 4 is 17.6 Å². The summed E-state index contributed by atoms with van der Waals surface area (Å²) in [5, 5.41) is 0. The van der Waals surface area contributed by atoms with Gasteiger partial charge in [0.05, 0.1) is 11.4 Å². The lowest BCUT2D eigenvalue weighted by molar-refractivity contribution is -0.304. The molecule has 0 saturated carbocycles. The fraction of sp³-hybridized carbons (Fsp3) is 0.174. The first-order valence-corrected chi connectivity index (χ1v) is 9.69. The van der Waals surface area contributed by atoms with E-state index >= 15 is 0 Å². The van der Waals surface area contributed by atoms with E-state index in [1.54, 1.807) is 6.07 Å². The first-order chi connectivity index (χ1) is 13.7. The number of fused-ring (bicyclic) bond motifs is 7. The van der Waals surface area contributed by atoms with Crippen LogP contribution in [0.4, 0.5) is 0 Å². The number of hydrogen-bond donors (Lipinski definition) is 0. The molecule has 6 rings (SSSR count). The van der Waals surface area contributed by atoms with Crippen molar-refractivity contribution in [3.8, 4) is 0 Å². The molecule has 0 aliphatic carbocycles. The van der Waals surface area contributed by atoms with Crippen LogP contribution in [-0.4, -0.2) is 11.8 Å². The predicted molar refractivity (Wildman–Crippen MR) is 102 cm³/mol. The minimum Gasteiger partial charge on any atom is -0.420 e. The maximum atomic E-state index is 12.6. The number of alkyl halides is 1. The van der Waals surface area contributed by atoms with Crippen LogP contribution < -0.4 is 0 Å². The highest BCUT2D eigenvalue weighted by atomic mass is 35.5. The summed E-state index contributed by atoms with van der Waals surface area (Å²) in [5.41, 5.74) is 4.69. The van der Waals surface area contributed by atoms with Gasteiger partial charge in [-0.25, -0.2) is 4.79 Å². The summed E-state index contributed by atoms with van der Waals surface area (Å²) < 4.78 is 19.0. The Hall–Kier alpha value is -2.66. The second-order valence-corrected chi connectivity index (χ2v) is 7.47. The lowest BCUT2D eigenvalue weighted by atomic mass is 9.90. The number of esters is 1. The van der Waals surface area contributed by atoms with Gasteiger partial charge in [0, 0.05) is 22.3 Å². The molecule has 0 fully saturated rings. The molecular formula is C23H15ClO4. The average Bonchev–Trinajstić information content (AvgIpc) is 3.33. The van der Waals surface area contributed by atoms with E-state index in [1.807, 2.05) is 66.7 Å². The summed E-state index contributed by atoms with van der Waals surface area (Å²) in [7, 11) is 0. The van der Waals surface area contributed by atoms with Crippen LogP contribution >= 0.6 is 11.6 Å². The maximum absolute atomic E-state index is 12.6. The second kappa shape index (κ2) is 5.45. The van der Waals surface area contributed by atoms with Crippen LogP contribution in [-0.2, 0) is 25.8 Å². The van der Waals surface area contributed by atoms with E-state index in [9.17, 15) is 4.79 Å². The van der Waals surface area contributed by atoms with E-state index in [-0.39, 0.29) is 6.10 Å². The van der Waals surface area contributed by atoms with Crippen LogP contribution in [0.3, 0.4) is 0 Å². The molecule has 0 bridgehead atoms. The van der Waals surface area contributed by atoms with Crippen molar-refractivity contribution in [3.63, 3.8) is 0 Å². The number of carbonyl (C=O) groups excluding carboxylic acids is 1. The topological polar surface area (TPSA) is 44.8 Å². The molecule has 0 N–H and O–H groups in total. The van der Waals surface area contributed by atoms with Crippen molar-refractivity contribution in [1.29, 1.82) is 0 Å². The number of benzene rings is 3. The Bertz CT molecular complexity index is 1140. The molecule has 5 heteroatoms. The molecule has 0 aromatic heterocycles. The monoisotopic (exact) mass is 390 g/mol. The van der Waals surface area contributed by atoms with Crippen LogP contribution in [0.25, 0.3) is 0 Å². The zero-order valence-corrected chi connectivity index (χ0v) is 15.5. The highest BCUT2D eigenvalue weighted by Gasteiger charge is 2.64. The fourth-order valence-corrected chi connectivity index (χ4v) is 4.87. The fourth-order valence-electron chi connectivity index (χ4n) is 4.64. The molecule has 3 aromatic carbocycles. The van der Waals surface area contributed by atoms with Crippen LogP contribution in [0.2, 0.25) is 0 Å². The van der Waals surface area contributed by atoms with E-state index in [0.29, 0.717) is 17.0 Å². The van der Waals surface area contributed by atoms with Gasteiger partial charge in [0.15, 0.2) is 0 Å². The Morgan fingerprint density at radius 3 is 2.14 bits per heavy atom. The van der Waals surface area contributed by atoms with Crippen molar-refractivity contribution < 1.29 is 19.0 Å². The molecule has 3 aliphatic rings. The van der Waals surface area contributed by atoms with Gasteiger partial charge in [0.1, 0.15) is 6.10 Å². The summed E-state index contributed by atoms with van der Waals surface area (Å²) in [4.78, 5) is 12.6. The SMILES string of the molecule is O=C1O[C@]2(O[C@]3(O[C@H](CCl)c4ccccc43)c3ccccc32)c2ccccc21. The van der Waals surface area contributed by atoms with Gasteiger partial charge in [-0.1, -0.05) is 66.7 Å². The minimum atomic E-state index is -1.33. The van der Waals surface area contributed by atoms with E-state index < -0.39 is 17.5 Å². The van der Waals surface area contributed by atoms with Crippen molar-refractivity contribution in [2.24, 2.45) is 0 Å². The Kier molecular flexibility index (Phi) is 3.17. The van der Waals surface area contributed by atoms with Crippen LogP contribution in [0, 0.1) is 0 Å². The number of ether oxygens (including phenoxy) is 3. The van der Waals surface area contributed by atoms with Crippen LogP contribution in [0.1, 0.15) is 44.3 Å². The third-order valence-electron chi connectivity index (χ3n) is 5.77. The van der Waals surface area contributed by atoms with Gasteiger partial charge in [-0.15, -0.1) is 11.6 Å². The van der Waals surface area contributed by atoms with E-state index in [0.717, 1.165) is 22.3 Å². The van der Waals surface area contributed by atoms with Crippen LogP contribution in [0.5, 0.6) is 0 Å². The lowest BCUT2D eigenvalue weighted by Crippen LogP contribution is -2.34. The maximum Gasteiger partial charge on any atom is 0.341 e. The molecule has 2 spiro atoms. The van der Waals surface area contributed by atoms with E-state index in [1.165, 1.54) is 0 Å². The standard InChI is InChI=1S/C23H15ClO4/c24-13-20-14-7-1-3-9-16(14)22(26-20)18-11-5-6-12-19(18)23(28-22)17-10-4-2-8-15(17)21(25)27-23/h1-12,20H,13H2/t20-,22+,23+/m1/s1. The number of carbonyl (C=O) groups is 1. The normalized spacial score (nSPS) is 29.0. The molecule has 0 saturated heterocycles. The minimum absolute atomic E-state index is 0.299. The first-order valence-electron chi connectivity index (χ1n) is 9.16. The highest BCUT2D eigenvalue weighted by molar-refractivity contribution is 6.18. The van der Waals surface area contributed by atoms with Gasteiger partial charge in [-0.05, 0) is 11.6 Å². The van der Waals surface area contributed by atoms with Gasteiger partial charge in [0.2, 0.25) is 5.79 Å². The third kappa shape index (κ3) is 1.80. The quantitative estimate of drug-likeness (QED) is 0.450. The molecule has 3 atom stereocenters. The summed E-state index contributed by atoms with van der Waals surface area (Å²) in [6.07, 6.45) is -0.312. The van der Waals surface area contributed by atoms with Crippen LogP contribution in [0.15, 0.2) is 72.8 Å². The van der Waals surface area contributed by atoms with Gasteiger partial charge < -0.3 is 9.47 Å². The second-order valence-electron chi connectivity index (χ2n) is 7.16. The first kappa shape index (κ1) is 16.3. The zero-order chi connectivity index (χ0) is 18.9. The van der Waals surface area contributed by atoms with Crippen molar-refractivity contribution in [1.82, 2.24) is 0 Å². The predicted octanol–water partition coefficient (Wildman–Crippen LogP) is 4.60. The molecule has 138 valence electrons. The molecular weight excluding hydrogens is 376 g/mol. The van der Waals surface area contributed by atoms with E-state index in [2.05, 4.69) is 0 Å². The highest BCUT2D eigenvalue weighted by Crippen LogP contribution is 2.61. The summed E-state index contributed by atoms with van der Waals surface area (Å²) in [6.45, 7) is 0. The summed E-state index contributed by atoms with van der Waals surface area (Å²) in [6, 6.07) is 23.0. The Balaban J connectivity index is 1.65. The molecule has 0 amide bonds. The van der Waals surface area contributed by atoms with Gasteiger partial charge in [-0.3, -0.25) is 4.74 Å². The largest absolute Gasteiger partial charge is 0.420 e. The number of halogens is 1. The molecule has 4 nitrogen and oxygen atoms in total. The smallest absolute Gasteiger partial charge is 0.341 e. The van der Waals surface area contributed by atoms with Gasteiger partial charge >= 0.3 is 5.97 Å². The van der Waals surface area contributed by atoms with Gasteiger partial charge in [0.25, 0.3) is 5.79 Å². The zero-order valence-electron chi connectivity index (χ0n) is 14.7. The Labute approximate surface area is 166 Å². The molecule has 0 unspecified atom stereocenters. The Morgan fingerprint density at radius 1 is 0.786 bits per heavy atom. The van der Waals surface area contributed by atoms with Crippen molar-refractivity contribution in [2.45, 2.75) is 17.7 Å². The molecule has 3 aliphatic heterocycles. The lowest BCUT2D eigenvalue weighted by Gasteiger charge is -2.30. The molecule has 3 aromatic rings. The summed E-state index contributed by atoms with van der Waals surface area (Å²) >= 11 is 6.21. The van der Waals surface area contributed by atoms with Crippen molar-refractivity contribution in [3.05, 3.63) is 106 Å². The Morgan fingerprint density at radius 2 is 1.39 bits per heavy atom. The van der Waals surface area contributed by atoms with E-state index in [4.69, 9.17) is 25.8 Å². The molecule has 28 heavy (non-hydrogen) atoms. The average molecular weight is 391 g/mol.